The molecule has 8 nitrogen and oxygen atoms in total. The quantitative estimate of drug-likeness (QED) is 0.385. The third-order valence-corrected chi connectivity index (χ3v) is 5.00. The van der Waals surface area contributed by atoms with Crippen molar-refractivity contribution in [3.8, 4) is 11.4 Å². The number of aromatic nitrogens is 3. The number of benzene rings is 2. The Balaban J connectivity index is 1.66. The van der Waals surface area contributed by atoms with Crippen molar-refractivity contribution < 1.29 is 14.1 Å². The third kappa shape index (κ3) is 4.17. The number of amides is 1. The van der Waals surface area contributed by atoms with Crippen molar-refractivity contribution in [3.05, 3.63) is 64.0 Å². The van der Waals surface area contributed by atoms with Crippen molar-refractivity contribution in [2.45, 2.75) is 12.1 Å². The van der Waals surface area contributed by atoms with Crippen LogP contribution in [0.15, 0.2) is 47.6 Å². The van der Waals surface area contributed by atoms with E-state index in [9.17, 15) is 19.3 Å². The van der Waals surface area contributed by atoms with E-state index in [1.54, 1.807) is 36.7 Å². The number of halogens is 1. The number of nitro groups is 1. The Hall–Kier alpha value is -3.27. The molecule has 0 unspecified atom stereocenters. The fraction of sp³-hybridized carbons (Fsp3) is 0.167. The highest BCUT2D eigenvalue weighted by Gasteiger charge is 2.16. The Labute approximate surface area is 163 Å². The maximum Gasteiger partial charge on any atom is 0.269 e. The summed E-state index contributed by atoms with van der Waals surface area (Å²) in [5.74, 6) is -0.273. The van der Waals surface area contributed by atoms with E-state index in [4.69, 9.17) is 0 Å². The van der Waals surface area contributed by atoms with Crippen LogP contribution in [0.25, 0.3) is 11.4 Å². The molecule has 0 saturated heterocycles. The average molecular weight is 401 g/mol. The van der Waals surface area contributed by atoms with Crippen LogP contribution in [0.3, 0.4) is 0 Å². The molecule has 0 radical (unpaired) electrons. The lowest BCUT2D eigenvalue weighted by atomic mass is 10.2. The first kappa shape index (κ1) is 19.5. The van der Waals surface area contributed by atoms with Gasteiger partial charge in [0.15, 0.2) is 11.0 Å². The summed E-state index contributed by atoms with van der Waals surface area (Å²) >= 11 is 1.16. The fourth-order valence-electron chi connectivity index (χ4n) is 2.54. The van der Waals surface area contributed by atoms with Crippen LogP contribution in [-0.2, 0) is 11.8 Å². The summed E-state index contributed by atoms with van der Waals surface area (Å²) in [6.07, 6.45) is 0. The highest BCUT2D eigenvalue weighted by molar-refractivity contribution is 7.99. The summed E-state index contributed by atoms with van der Waals surface area (Å²) in [4.78, 5) is 22.5. The molecule has 1 amide bonds. The third-order valence-electron chi connectivity index (χ3n) is 3.98. The molecular weight excluding hydrogens is 385 g/mol. The number of thioether (sulfide) groups is 1. The number of carbonyl (C=O) groups excluding carboxylic acids is 1. The minimum absolute atomic E-state index is 0.0374. The van der Waals surface area contributed by atoms with E-state index in [1.165, 1.54) is 24.3 Å². The van der Waals surface area contributed by atoms with Crippen LogP contribution in [0.5, 0.6) is 0 Å². The molecule has 144 valence electrons. The molecule has 2 aromatic carbocycles. The first-order valence-electron chi connectivity index (χ1n) is 8.19. The molecule has 0 aliphatic rings. The molecule has 3 rings (SSSR count). The highest BCUT2D eigenvalue weighted by atomic mass is 32.2. The van der Waals surface area contributed by atoms with Gasteiger partial charge in [0.2, 0.25) is 5.91 Å². The molecule has 28 heavy (non-hydrogen) atoms. The summed E-state index contributed by atoms with van der Waals surface area (Å²) in [5.41, 5.74) is 1.38. The van der Waals surface area contributed by atoms with Gasteiger partial charge in [-0.05, 0) is 30.7 Å². The number of carbonyl (C=O) groups is 1. The summed E-state index contributed by atoms with van der Waals surface area (Å²) in [5, 5.41) is 22.0. The van der Waals surface area contributed by atoms with E-state index < -0.39 is 10.7 Å². The first-order valence-corrected chi connectivity index (χ1v) is 9.17. The van der Waals surface area contributed by atoms with E-state index in [-0.39, 0.29) is 17.3 Å². The first-order chi connectivity index (χ1) is 13.4. The number of nitrogens with zero attached hydrogens (tertiary/aromatic N) is 4. The Morgan fingerprint density at radius 2 is 2.04 bits per heavy atom. The zero-order chi connectivity index (χ0) is 20.3. The fourth-order valence-corrected chi connectivity index (χ4v) is 3.25. The molecule has 0 aliphatic carbocycles. The number of hydrogen-bond donors (Lipinski definition) is 1. The molecule has 0 atom stereocenters. The lowest BCUT2D eigenvalue weighted by molar-refractivity contribution is -0.384. The van der Waals surface area contributed by atoms with E-state index >= 15 is 0 Å². The van der Waals surface area contributed by atoms with Gasteiger partial charge in [-0.3, -0.25) is 14.9 Å². The number of anilines is 1. The molecule has 0 saturated carbocycles. The van der Waals surface area contributed by atoms with Gasteiger partial charge in [-0.1, -0.05) is 23.9 Å². The summed E-state index contributed by atoms with van der Waals surface area (Å²) in [6, 6.07) is 10.5. The van der Waals surface area contributed by atoms with Crippen molar-refractivity contribution in [1.29, 1.82) is 0 Å². The lowest BCUT2D eigenvalue weighted by Gasteiger charge is -2.08. The predicted molar refractivity (Wildman–Crippen MR) is 104 cm³/mol. The van der Waals surface area contributed by atoms with Crippen molar-refractivity contribution in [2.75, 3.05) is 11.1 Å². The van der Waals surface area contributed by atoms with Crippen molar-refractivity contribution in [3.63, 3.8) is 0 Å². The molecular formula is C18H16FN5O3S. The van der Waals surface area contributed by atoms with Gasteiger partial charge in [0.05, 0.1) is 16.2 Å². The summed E-state index contributed by atoms with van der Waals surface area (Å²) in [7, 11) is 1.70. The molecule has 1 aromatic heterocycles. The Morgan fingerprint density at radius 3 is 2.71 bits per heavy atom. The second-order valence-corrected chi connectivity index (χ2v) is 6.88. The van der Waals surface area contributed by atoms with Gasteiger partial charge in [0.1, 0.15) is 5.82 Å². The van der Waals surface area contributed by atoms with E-state index in [0.29, 0.717) is 27.8 Å². The normalized spacial score (nSPS) is 10.7. The van der Waals surface area contributed by atoms with Gasteiger partial charge in [0.25, 0.3) is 5.69 Å². The lowest BCUT2D eigenvalue weighted by Crippen LogP contribution is -2.15. The van der Waals surface area contributed by atoms with Gasteiger partial charge in [0, 0.05) is 24.9 Å². The molecule has 1 N–H and O–H groups in total. The molecule has 0 fully saturated rings. The van der Waals surface area contributed by atoms with Crippen LogP contribution in [0.4, 0.5) is 15.8 Å². The molecule has 3 aromatic rings. The molecule has 0 spiro atoms. The maximum atomic E-state index is 13.9. The van der Waals surface area contributed by atoms with E-state index in [2.05, 4.69) is 15.5 Å². The predicted octanol–water partition coefficient (Wildman–Crippen LogP) is 3.57. The van der Waals surface area contributed by atoms with Crippen molar-refractivity contribution >= 4 is 29.0 Å². The standard InChI is InChI=1S/C18H16FN5O3S/c1-11-9-12(24(26)27)7-8-15(11)20-16(25)10-28-18-22-21-17(23(18)2)13-5-3-4-6-14(13)19/h3-9H,10H2,1-2H3,(H,20,25). The van der Waals surface area contributed by atoms with Gasteiger partial charge in [-0.25, -0.2) is 4.39 Å². The minimum Gasteiger partial charge on any atom is -0.325 e. The number of hydrogen-bond acceptors (Lipinski definition) is 6. The van der Waals surface area contributed by atoms with Crippen LogP contribution >= 0.6 is 11.8 Å². The second-order valence-electron chi connectivity index (χ2n) is 5.94. The zero-order valence-corrected chi connectivity index (χ0v) is 15.9. The van der Waals surface area contributed by atoms with Crippen molar-refractivity contribution in [2.24, 2.45) is 7.05 Å². The van der Waals surface area contributed by atoms with Crippen LogP contribution < -0.4 is 5.32 Å². The smallest absolute Gasteiger partial charge is 0.269 e. The number of nitro benzene ring substituents is 1. The van der Waals surface area contributed by atoms with Gasteiger partial charge in [-0.15, -0.1) is 10.2 Å². The van der Waals surface area contributed by atoms with Gasteiger partial charge < -0.3 is 9.88 Å². The molecule has 0 bridgehead atoms. The maximum absolute atomic E-state index is 13.9. The average Bonchev–Trinajstić information content (AvgIpc) is 3.02. The van der Waals surface area contributed by atoms with E-state index in [1.807, 2.05) is 0 Å². The second kappa shape index (κ2) is 8.17. The number of aryl methyl sites for hydroxylation is 1. The van der Waals surface area contributed by atoms with Crippen LogP contribution in [0.2, 0.25) is 0 Å². The number of rotatable bonds is 6. The summed E-state index contributed by atoms with van der Waals surface area (Å²) < 4.78 is 15.6. The van der Waals surface area contributed by atoms with Crippen LogP contribution in [0.1, 0.15) is 5.56 Å². The van der Waals surface area contributed by atoms with Gasteiger partial charge >= 0.3 is 0 Å². The molecule has 0 aliphatic heterocycles. The Morgan fingerprint density at radius 1 is 1.29 bits per heavy atom. The Kier molecular flexibility index (Phi) is 5.69. The largest absolute Gasteiger partial charge is 0.325 e. The van der Waals surface area contributed by atoms with Crippen LogP contribution in [0, 0.1) is 22.9 Å². The van der Waals surface area contributed by atoms with Crippen molar-refractivity contribution in [1.82, 2.24) is 14.8 Å². The number of nitrogens with one attached hydrogen (secondary N) is 1. The molecule has 1 heterocycles. The highest BCUT2D eigenvalue weighted by Crippen LogP contribution is 2.25. The monoisotopic (exact) mass is 401 g/mol. The van der Waals surface area contributed by atoms with E-state index in [0.717, 1.165) is 11.8 Å². The Bertz CT molecular complexity index is 1050. The minimum atomic E-state index is -0.490. The topological polar surface area (TPSA) is 103 Å². The SMILES string of the molecule is Cc1cc([N+](=O)[O-])ccc1NC(=O)CSc1nnc(-c2ccccc2F)n1C. The molecule has 10 heteroatoms. The zero-order valence-electron chi connectivity index (χ0n) is 15.0. The van der Waals surface area contributed by atoms with Crippen LogP contribution in [-0.4, -0.2) is 31.3 Å². The summed E-state index contributed by atoms with van der Waals surface area (Å²) in [6.45, 7) is 1.68. The number of non-ortho nitro benzene ring substituents is 1. The van der Waals surface area contributed by atoms with Gasteiger partial charge in [-0.2, -0.15) is 0 Å².